The van der Waals surface area contributed by atoms with E-state index >= 15 is 0 Å². The third kappa shape index (κ3) is 3.01. The normalized spacial score (nSPS) is 19.4. The highest BCUT2D eigenvalue weighted by Gasteiger charge is 2.16. The summed E-state index contributed by atoms with van der Waals surface area (Å²) in [5.41, 5.74) is 3.58. The summed E-state index contributed by atoms with van der Waals surface area (Å²) in [4.78, 5) is 8.66. The Labute approximate surface area is 106 Å². The molecule has 0 saturated carbocycles. The minimum absolute atomic E-state index is 0.695. The molecule has 0 spiro atoms. The van der Waals surface area contributed by atoms with E-state index in [0.29, 0.717) is 5.82 Å². The van der Waals surface area contributed by atoms with Gasteiger partial charge in [-0.15, -0.1) is 0 Å². The fraction of sp³-hybridized carbons (Fsp3) is 0.636. The summed E-state index contributed by atoms with van der Waals surface area (Å²) < 4.78 is 0. The second-order valence-electron chi connectivity index (χ2n) is 4.35. The van der Waals surface area contributed by atoms with Crippen molar-refractivity contribution in [3.63, 3.8) is 0 Å². The van der Waals surface area contributed by atoms with E-state index in [0.717, 1.165) is 29.7 Å². The Bertz CT molecular complexity index is 390. The second-order valence-corrected chi connectivity index (χ2v) is 5.50. The van der Waals surface area contributed by atoms with Crippen molar-refractivity contribution < 1.29 is 0 Å². The van der Waals surface area contributed by atoms with Gasteiger partial charge in [-0.1, -0.05) is 0 Å². The predicted octanol–water partition coefficient (Wildman–Crippen LogP) is 1.54. The first-order valence-electron chi connectivity index (χ1n) is 5.84. The molecule has 0 amide bonds. The maximum atomic E-state index is 5.44. The SMILES string of the molecule is Cc1nc(NN)c(C)c(NCC2CCSC2)n1. The number of hydrogen-bond donors (Lipinski definition) is 3. The van der Waals surface area contributed by atoms with Gasteiger partial charge in [-0.2, -0.15) is 11.8 Å². The van der Waals surface area contributed by atoms with Gasteiger partial charge in [-0.3, -0.25) is 0 Å². The molecule has 2 heterocycles. The van der Waals surface area contributed by atoms with Crippen LogP contribution in [0.2, 0.25) is 0 Å². The van der Waals surface area contributed by atoms with Gasteiger partial charge in [0.05, 0.1) is 0 Å². The average molecular weight is 253 g/mol. The van der Waals surface area contributed by atoms with Crippen LogP contribution in [0.15, 0.2) is 0 Å². The summed E-state index contributed by atoms with van der Waals surface area (Å²) in [6, 6.07) is 0. The number of nitrogens with two attached hydrogens (primary N) is 1. The Morgan fingerprint density at radius 1 is 1.35 bits per heavy atom. The topological polar surface area (TPSA) is 75.9 Å². The Morgan fingerprint density at radius 3 is 2.76 bits per heavy atom. The molecule has 1 fully saturated rings. The molecule has 1 aromatic heterocycles. The lowest BCUT2D eigenvalue weighted by atomic mass is 10.1. The van der Waals surface area contributed by atoms with Gasteiger partial charge in [-0.05, 0) is 37.7 Å². The minimum atomic E-state index is 0.695. The zero-order valence-electron chi connectivity index (χ0n) is 10.3. The van der Waals surface area contributed by atoms with E-state index in [-0.39, 0.29) is 0 Å². The third-order valence-corrected chi connectivity index (χ3v) is 4.21. The second kappa shape index (κ2) is 5.55. The van der Waals surface area contributed by atoms with Crippen molar-refractivity contribution in [1.29, 1.82) is 0 Å². The fourth-order valence-electron chi connectivity index (χ4n) is 1.93. The molecule has 1 aliphatic rings. The van der Waals surface area contributed by atoms with Gasteiger partial charge < -0.3 is 10.7 Å². The first-order chi connectivity index (χ1) is 8.20. The van der Waals surface area contributed by atoms with Gasteiger partial charge in [-0.25, -0.2) is 15.8 Å². The maximum Gasteiger partial charge on any atom is 0.148 e. The monoisotopic (exact) mass is 253 g/mol. The molecule has 0 aliphatic carbocycles. The lowest BCUT2D eigenvalue weighted by molar-refractivity contribution is 0.630. The molecular weight excluding hydrogens is 234 g/mol. The van der Waals surface area contributed by atoms with Crippen molar-refractivity contribution in [1.82, 2.24) is 9.97 Å². The van der Waals surface area contributed by atoms with Gasteiger partial charge in [0.1, 0.15) is 17.5 Å². The number of anilines is 2. The number of hydrogen-bond acceptors (Lipinski definition) is 6. The molecule has 0 aromatic carbocycles. The van der Waals surface area contributed by atoms with Gasteiger partial charge in [0.15, 0.2) is 0 Å². The number of nitrogen functional groups attached to an aromatic ring is 1. The summed E-state index contributed by atoms with van der Waals surface area (Å²) >= 11 is 2.03. The molecule has 94 valence electrons. The first-order valence-corrected chi connectivity index (χ1v) is 6.99. The van der Waals surface area contributed by atoms with Crippen molar-refractivity contribution in [2.24, 2.45) is 11.8 Å². The van der Waals surface area contributed by atoms with Crippen molar-refractivity contribution in [3.05, 3.63) is 11.4 Å². The number of nitrogens with zero attached hydrogens (tertiary/aromatic N) is 2. The standard InChI is InChI=1S/C11H19N5S/c1-7-10(13-5-9-3-4-17-6-9)14-8(2)15-11(7)16-12/h9H,3-6,12H2,1-2H3,(H2,13,14,15,16). The Hall–Kier alpha value is -1.01. The molecule has 0 bridgehead atoms. The van der Waals surface area contributed by atoms with E-state index in [2.05, 4.69) is 20.7 Å². The van der Waals surface area contributed by atoms with Crippen LogP contribution in [0.3, 0.4) is 0 Å². The zero-order valence-corrected chi connectivity index (χ0v) is 11.1. The molecular formula is C11H19N5S. The molecule has 17 heavy (non-hydrogen) atoms. The van der Waals surface area contributed by atoms with E-state index in [1.807, 2.05) is 25.6 Å². The zero-order chi connectivity index (χ0) is 12.3. The van der Waals surface area contributed by atoms with Crippen LogP contribution >= 0.6 is 11.8 Å². The molecule has 5 nitrogen and oxygen atoms in total. The molecule has 2 rings (SSSR count). The smallest absolute Gasteiger partial charge is 0.148 e. The van der Waals surface area contributed by atoms with E-state index in [1.54, 1.807) is 0 Å². The van der Waals surface area contributed by atoms with Crippen LogP contribution in [0, 0.1) is 19.8 Å². The van der Waals surface area contributed by atoms with Gasteiger partial charge in [0.25, 0.3) is 0 Å². The van der Waals surface area contributed by atoms with E-state index in [9.17, 15) is 0 Å². The van der Waals surface area contributed by atoms with Crippen molar-refractivity contribution in [2.75, 3.05) is 28.8 Å². The van der Waals surface area contributed by atoms with Crippen LogP contribution in [0.4, 0.5) is 11.6 Å². The molecule has 1 unspecified atom stereocenters. The summed E-state index contributed by atoms with van der Waals surface area (Å²) in [6.07, 6.45) is 1.29. The number of nitrogens with one attached hydrogen (secondary N) is 2. The molecule has 4 N–H and O–H groups in total. The van der Waals surface area contributed by atoms with Gasteiger partial charge >= 0.3 is 0 Å². The van der Waals surface area contributed by atoms with E-state index < -0.39 is 0 Å². The molecule has 6 heteroatoms. The number of aromatic nitrogens is 2. The third-order valence-electron chi connectivity index (χ3n) is 2.98. The molecule has 1 aromatic rings. The van der Waals surface area contributed by atoms with E-state index in [1.165, 1.54) is 17.9 Å². The highest BCUT2D eigenvalue weighted by atomic mass is 32.2. The van der Waals surface area contributed by atoms with Crippen molar-refractivity contribution in [2.45, 2.75) is 20.3 Å². The molecule has 1 atom stereocenters. The largest absolute Gasteiger partial charge is 0.369 e. The summed E-state index contributed by atoms with van der Waals surface area (Å²) in [6.45, 7) is 4.82. The lowest BCUT2D eigenvalue weighted by Crippen LogP contribution is -2.18. The average Bonchev–Trinajstić information content (AvgIpc) is 2.82. The Morgan fingerprint density at radius 2 is 2.12 bits per heavy atom. The van der Waals surface area contributed by atoms with Crippen LogP contribution in [0.5, 0.6) is 0 Å². The van der Waals surface area contributed by atoms with Crippen molar-refractivity contribution >= 4 is 23.4 Å². The minimum Gasteiger partial charge on any atom is -0.369 e. The Kier molecular flexibility index (Phi) is 4.06. The van der Waals surface area contributed by atoms with Crippen LogP contribution in [0.25, 0.3) is 0 Å². The highest BCUT2D eigenvalue weighted by Crippen LogP contribution is 2.25. The highest BCUT2D eigenvalue weighted by molar-refractivity contribution is 7.99. The number of aryl methyl sites for hydroxylation is 1. The Balaban J connectivity index is 2.06. The number of rotatable bonds is 4. The lowest BCUT2D eigenvalue weighted by Gasteiger charge is -2.14. The van der Waals surface area contributed by atoms with Crippen LogP contribution in [0.1, 0.15) is 17.8 Å². The summed E-state index contributed by atoms with van der Waals surface area (Å²) in [5, 5.41) is 3.41. The fourth-order valence-corrected chi connectivity index (χ4v) is 3.21. The summed E-state index contributed by atoms with van der Waals surface area (Å²) in [5.74, 6) is 11.0. The van der Waals surface area contributed by atoms with Gasteiger partial charge in [0, 0.05) is 12.1 Å². The number of hydrazine groups is 1. The van der Waals surface area contributed by atoms with Crippen LogP contribution < -0.4 is 16.6 Å². The first kappa shape index (κ1) is 12.4. The van der Waals surface area contributed by atoms with Crippen molar-refractivity contribution in [3.8, 4) is 0 Å². The van der Waals surface area contributed by atoms with E-state index in [4.69, 9.17) is 5.84 Å². The quantitative estimate of drug-likeness (QED) is 0.558. The maximum absolute atomic E-state index is 5.44. The summed E-state index contributed by atoms with van der Waals surface area (Å²) in [7, 11) is 0. The molecule has 0 radical (unpaired) electrons. The molecule has 1 saturated heterocycles. The van der Waals surface area contributed by atoms with Gasteiger partial charge in [0.2, 0.25) is 0 Å². The van der Waals surface area contributed by atoms with Crippen LogP contribution in [-0.4, -0.2) is 28.0 Å². The van der Waals surface area contributed by atoms with Crippen LogP contribution in [-0.2, 0) is 0 Å². The predicted molar refractivity (Wildman–Crippen MR) is 73.2 cm³/mol. The number of thioether (sulfide) groups is 1. The molecule has 1 aliphatic heterocycles.